The van der Waals surface area contributed by atoms with Gasteiger partial charge in [-0.05, 0) is 25.7 Å². The van der Waals surface area contributed by atoms with Crippen LogP contribution >= 0.6 is 0 Å². The molecule has 0 aromatic carbocycles. The van der Waals surface area contributed by atoms with E-state index in [-0.39, 0.29) is 11.9 Å². The van der Waals surface area contributed by atoms with Gasteiger partial charge in [0.05, 0.1) is 6.61 Å². The van der Waals surface area contributed by atoms with Crippen molar-refractivity contribution in [2.45, 2.75) is 32.8 Å². The molecule has 1 aliphatic rings. The number of carbonyl (C=O) groups excluding carboxylic acids is 1. The highest BCUT2D eigenvalue weighted by Gasteiger charge is 2.21. The maximum absolute atomic E-state index is 10.8. The van der Waals surface area contributed by atoms with Crippen LogP contribution in [0.25, 0.3) is 0 Å². The molecule has 1 fully saturated rings. The molecule has 0 spiro atoms. The van der Waals surface area contributed by atoms with E-state index in [9.17, 15) is 4.79 Å². The molecule has 0 N–H and O–H groups in total. The van der Waals surface area contributed by atoms with E-state index in [0.717, 1.165) is 19.4 Å². The van der Waals surface area contributed by atoms with Crippen molar-refractivity contribution in [3.05, 3.63) is 0 Å². The molecule has 1 heterocycles. The highest BCUT2D eigenvalue weighted by Crippen LogP contribution is 2.18. The number of ketones is 1. The SMILES string of the molecule is CC(=O)[C@H]1CCC(C)CO1. The summed E-state index contributed by atoms with van der Waals surface area (Å²) in [6.45, 7) is 4.50. The molecule has 1 rings (SSSR count). The Balaban J connectivity index is 2.33. The van der Waals surface area contributed by atoms with Gasteiger partial charge < -0.3 is 4.74 Å². The predicted octanol–water partition coefficient (Wildman–Crippen LogP) is 1.39. The van der Waals surface area contributed by atoms with E-state index >= 15 is 0 Å². The van der Waals surface area contributed by atoms with Crippen LogP contribution in [0.5, 0.6) is 0 Å². The van der Waals surface area contributed by atoms with Gasteiger partial charge in [-0.25, -0.2) is 0 Å². The van der Waals surface area contributed by atoms with Gasteiger partial charge in [0.2, 0.25) is 0 Å². The van der Waals surface area contributed by atoms with E-state index in [0.29, 0.717) is 5.92 Å². The van der Waals surface area contributed by atoms with Crippen molar-refractivity contribution in [3.63, 3.8) is 0 Å². The van der Waals surface area contributed by atoms with E-state index in [1.807, 2.05) is 0 Å². The second-order valence-corrected chi connectivity index (χ2v) is 3.12. The fourth-order valence-corrected chi connectivity index (χ4v) is 1.20. The largest absolute Gasteiger partial charge is 0.370 e. The van der Waals surface area contributed by atoms with E-state index in [1.165, 1.54) is 0 Å². The zero-order valence-corrected chi connectivity index (χ0v) is 6.59. The summed E-state index contributed by atoms with van der Waals surface area (Å²) in [5, 5.41) is 0. The average molecular weight is 142 g/mol. The van der Waals surface area contributed by atoms with Crippen LogP contribution in [0.15, 0.2) is 0 Å². The number of hydrogen-bond donors (Lipinski definition) is 0. The maximum Gasteiger partial charge on any atom is 0.158 e. The Bertz CT molecular complexity index is 123. The van der Waals surface area contributed by atoms with Gasteiger partial charge in [-0.15, -0.1) is 0 Å². The van der Waals surface area contributed by atoms with Gasteiger partial charge in [0, 0.05) is 0 Å². The number of rotatable bonds is 1. The van der Waals surface area contributed by atoms with E-state index < -0.39 is 0 Å². The van der Waals surface area contributed by atoms with Crippen molar-refractivity contribution in [2.24, 2.45) is 5.92 Å². The quantitative estimate of drug-likeness (QED) is 0.553. The van der Waals surface area contributed by atoms with Crippen molar-refractivity contribution in [1.29, 1.82) is 0 Å². The first kappa shape index (κ1) is 7.73. The van der Waals surface area contributed by atoms with Crippen LogP contribution < -0.4 is 0 Å². The normalized spacial score (nSPS) is 33.8. The van der Waals surface area contributed by atoms with Gasteiger partial charge in [0.15, 0.2) is 5.78 Å². The summed E-state index contributed by atoms with van der Waals surface area (Å²) in [6, 6.07) is 0. The predicted molar refractivity (Wildman–Crippen MR) is 38.8 cm³/mol. The molecular formula is C8H14O2. The summed E-state index contributed by atoms with van der Waals surface area (Å²) in [7, 11) is 0. The molecule has 2 atom stereocenters. The fraction of sp³-hybridized carbons (Fsp3) is 0.875. The van der Waals surface area contributed by atoms with Crippen molar-refractivity contribution in [3.8, 4) is 0 Å². The Morgan fingerprint density at radius 2 is 2.20 bits per heavy atom. The van der Waals surface area contributed by atoms with E-state index in [4.69, 9.17) is 4.74 Å². The van der Waals surface area contributed by atoms with Crippen LogP contribution in [0.1, 0.15) is 26.7 Å². The molecule has 1 unspecified atom stereocenters. The molecule has 0 aromatic heterocycles. The molecular weight excluding hydrogens is 128 g/mol. The third-order valence-electron chi connectivity index (χ3n) is 1.96. The van der Waals surface area contributed by atoms with Crippen LogP contribution in [0.4, 0.5) is 0 Å². The first-order valence-electron chi connectivity index (χ1n) is 3.82. The van der Waals surface area contributed by atoms with Crippen molar-refractivity contribution in [2.75, 3.05) is 6.61 Å². The van der Waals surface area contributed by atoms with Crippen LogP contribution in [0, 0.1) is 5.92 Å². The summed E-state index contributed by atoms with van der Waals surface area (Å²) >= 11 is 0. The van der Waals surface area contributed by atoms with Crippen molar-refractivity contribution >= 4 is 5.78 Å². The lowest BCUT2D eigenvalue weighted by Gasteiger charge is -2.24. The molecule has 2 heteroatoms. The molecule has 0 radical (unpaired) electrons. The van der Waals surface area contributed by atoms with Crippen molar-refractivity contribution in [1.82, 2.24) is 0 Å². The smallest absolute Gasteiger partial charge is 0.158 e. The van der Waals surface area contributed by atoms with Gasteiger partial charge in [0.1, 0.15) is 6.10 Å². The highest BCUT2D eigenvalue weighted by atomic mass is 16.5. The minimum absolute atomic E-state index is 0.101. The second kappa shape index (κ2) is 3.15. The lowest BCUT2D eigenvalue weighted by Crippen LogP contribution is -2.29. The summed E-state index contributed by atoms with van der Waals surface area (Å²) < 4.78 is 5.30. The van der Waals surface area contributed by atoms with Gasteiger partial charge in [-0.2, -0.15) is 0 Å². The van der Waals surface area contributed by atoms with E-state index in [2.05, 4.69) is 6.92 Å². The number of ether oxygens (including phenoxy) is 1. The topological polar surface area (TPSA) is 26.3 Å². The molecule has 0 aromatic rings. The third kappa shape index (κ3) is 1.81. The van der Waals surface area contributed by atoms with Crippen LogP contribution in [0.3, 0.4) is 0 Å². The molecule has 0 bridgehead atoms. The molecule has 0 saturated carbocycles. The van der Waals surface area contributed by atoms with Gasteiger partial charge in [-0.3, -0.25) is 4.79 Å². The Labute approximate surface area is 61.6 Å². The van der Waals surface area contributed by atoms with Crippen LogP contribution in [0.2, 0.25) is 0 Å². The average Bonchev–Trinajstić information content (AvgIpc) is 1.88. The minimum atomic E-state index is -0.101. The van der Waals surface area contributed by atoms with Gasteiger partial charge >= 0.3 is 0 Å². The first-order chi connectivity index (χ1) is 4.70. The van der Waals surface area contributed by atoms with E-state index in [1.54, 1.807) is 6.92 Å². The summed E-state index contributed by atoms with van der Waals surface area (Å²) in [5.74, 6) is 0.808. The van der Waals surface area contributed by atoms with Crippen LogP contribution in [-0.2, 0) is 9.53 Å². The summed E-state index contributed by atoms with van der Waals surface area (Å²) in [6.07, 6.45) is 1.94. The van der Waals surface area contributed by atoms with Gasteiger partial charge in [0.25, 0.3) is 0 Å². The maximum atomic E-state index is 10.8. The Morgan fingerprint density at radius 3 is 2.60 bits per heavy atom. The molecule has 0 amide bonds. The Hall–Kier alpha value is -0.370. The number of carbonyl (C=O) groups is 1. The number of Topliss-reactive ketones (excluding diaryl/α,β-unsaturated/α-hetero) is 1. The third-order valence-corrected chi connectivity index (χ3v) is 1.96. The lowest BCUT2D eigenvalue weighted by atomic mass is 9.99. The zero-order valence-electron chi connectivity index (χ0n) is 6.59. The molecule has 1 aliphatic heterocycles. The molecule has 10 heavy (non-hydrogen) atoms. The molecule has 1 saturated heterocycles. The van der Waals surface area contributed by atoms with Crippen molar-refractivity contribution < 1.29 is 9.53 Å². The number of hydrogen-bond acceptors (Lipinski definition) is 2. The second-order valence-electron chi connectivity index (χ2n) is 3.12. The molecule has 2 nitrogen and oxygen atoms in total. The summed E-state index contributed by atoms with van der Waals surface area (Å²) in [5.41, 5.74) is 0. The Kier molecular flexibility index (Phi) is 2.44. The highest BCUT2D eigenvalue weighted by molar-refractivity contribution is 5.80. The summed E-state index contributed by atoms with van der Waals surface area (Å²) in [4.78, 5) is 10.8. The monoisotopic (exact) mass is 142 g/mol. The standard InChI is InChI=1S/C8H14O2/c1-6-3-4-8(7(2)9)10-5-6/h6,8H,3-5H2,1-2H3/t6?,8-/m1/s1. The zero-order chi connectivity index (χ0) is 7.56. The molecule has 58 valence electrons. The van der Waals surface area contributed by atoms with Gasteiger partial charge in [-0.1, -0.05) is 6.92 Å². The van der Waals surface area contributed by atoms with Crippen LogP contribution in [-0.4, -0.2) is 18.5 Å². The minimum Gasteiger partial charge on any atom is -0.370 e. The fourth-order valence-electron chi connectivity index (χ4n) is 1.20. The Morgan fingerprint density at radius 1 is 1.50 bits per heavy atom. The first-order valence-corrected chi connectivity index (χ1v) is 3.82. The lowest BCUT2D eigenvalue weighted by molar-refractivity contribution is -0.132. The molecule has 0 aliphatic carbocycles.